The van der Waals surface area contributed by atoms with E-state index in [1.165, 1.54) is 0 Å². The van der Waals surface area contributed by atoms with Crippen LogP contribution in [-0.4, -0.2) is 0 Å². The van der Waals surface area contributed by atoms with Crippen molar-refractivity contribution in [2.75, 3.05) is 5.32 Å². The molecule has 0 spiro atoms. The van der Waals surface area contributed by atoms with E-state index in [0.717, 1.165) is 37.3 Å². The molecule has 0 aliphatic carbocycles. The molecule has 0 unspecified atom stereocenters. The lowest BCUT2D eigenvalue weighted by molar-refractivity contribution is 0.611. The van der Waals surface area contributed by atoms with Crippen molar-refractivity contribution in [3.63, 3.8) is 0 Å². The molecule has 4 heteroatoms. The molecule has 2 aromatic carbocycles. The van der Waals surface area contributed by atoms with Gasteiger partial charge in [-0.2, -0.15) is 0 Å². The molecule has 0 atom stereocenters. The standard InChI is InChI=1S/C16H13BrClNO/c1-10-6-13(17)15(7-14(10)18)19-8-11-9-20-16-5-3-2-4-12(11)16/h2-7,9,19H,8H2,1H3. The third-order valence-electron chi connectivity index (χ3n) is 3.28. The Balaban J connectivity index is 1.85. The summed E-state index contributed by atoms with van der Waals surface area (Å²) in [6.07, 6.45) is 1.79. The molecule has 0 bridgehead atoms. The predicted molar refractivity (Wildman–Crippen MR) is 87.4 cm³/mol. The van der Waals surface area contributed by atoms with Crippen LogP contribution in [0.15, 0.2) is 51.6 Å². The van der Waals surface area contributed by atoms with Gasteiger partial charge in [0.2, 0.25) is 0 Å². The summed E-state index contributed by atoms with van der Waals surface area (Å²) in [4.78, 5) is 0. The number of para-hydroxylation sites is 1. The molecule has 0 fully saturated rings. The number of hydrogen-bond acceptors (Lipinski definition) is 2. The van der Waals surface area contributed by atoms with Gasteiger partial charge in [0.05, 0.1) is 12.0 Å². The zero-order valence-electron chi connectivity index (χ0n) is 10.9. The topological polar surface area (TPSA) is 25.2 Å². The maximum Gasteiger partial charge on any atom is 0.134 e. The number of hydrogen-bond donors (Lipinski definition) is 1. The van der Waals surface area contributed by atoms with Crippen molar-refractivity contribution < 1.29 is 4.42 Å². The highest BCUT2D eigenvalue weighted by molar-refractivity contribution is 9.10. The summed E-state index contributed by atoms with van der Waals surface area (Å²) in [6, 6.07) is 12.0. The second-order valence-electron chi connectivity index (χ2n) is 4.69. The van der Waals surface area contributed by atoms with Crippen LogP contribution in [-0.2, 0) is 6.54 Å². The van der Waals surface area contributed by atoms with E-state index in [-0.39, 0.29) is 0 Å². The molecule has 102 valence electrons. The summed E-state index contributed by atoms with van der Waals surface area (Å²) in [6.45, 7) is 2.68. The van der Waals surface area contributed by atoms with E-state index in [1.54, 1.807) is 6.26 Å². The molecule has 0 aliphatic heterocycles. The lowest BCUT2D eigenvalue weighted by Gasteiger charge is -2.10. The van der Waals surface area contributed by atoms with Gasteiger partial charge in [0, 0.05) is 27.0 Å². The van der Waals surface area contributed by atoms with Gasteiger partial charge in [-0.1, -0.05) is 29.8 Å². The number of rotatable bonds is 3. The average Bonchev–Trinajstić information content (AvgIpc) is 2.85. The molecule has 1 N–H and O–H groups in total. The Labute approximate surface area is 130 Å². The van der Waals surface area contributed by atoms with E-state index in [9.17, 15) is 0 Å². The summed E-state index contributed by atoms with van der Waals surface area (Å²) in [7, 11) is 0. The molecule has 1 heterocycles. The van der Waals surface area contributed by atoms with Crippen LogP contribution in [0.3, 0.4) is 0 Å². The fourth-order valence-electron chi connectivity index (χ4n) is 2.14. The molecule has 20 heavy (non-hydrogen) atoms. The van der Waals surface area contributed by atoms with Gasteiger partial charge in [-0.3, -0.25) is 0 Å². The van der Waals surface area contributed by atoms with Crippen LogP contribution in [0, 0.1) is 6.92 Å². The van der Waals surface area contributed by atoms with E-state index in [2.05, 4.69) is 27.3 Å². The Morgan fingerprint density at radius 3 is 2.90 bits per heavy atom. The summed E-state index contributed by atoms with van der Waals surface area (Å²) in [5.74, 6) is 0. The molecule has 0 radical (unpaired) electrons. The van der Waals surface area contributed by atoms with E-state index >= 15 is 0 Å². The highest BCUT2D eigenvalue weighted by Crippen LogP contribution is 2.30. The van der Waals surface area contributed by atoms with E-state index < -0.39 is 0 Å². The predicted octanol–water partition coefficient (Wildman–Crippen LogP) is 5.77. The zero-order chi connectivity index (χ0) is 14.1. The minimum atomic E-state index is 0.689. The van der Waals surface area contributed by atoms with Gasteiger partial charge in [0.1, 0.15) is 5.58 Å². The van der Waals surface area contributed by atoms with Crippen LogP contribution in [0.2, 0.25) is 5.02 Å². The minimum absolute atomic E-state index is 0.689. The average molecular weight is 351 g/mol. The molecule has 0 saturated heterocycles. The zero-order valence-corrected chi connectivity index (χ0v) is 13.3. The van der Waals surface area contributed by atoms with Gasteiger partial charge < -0.3 is 9.73 Å². The Bertz CT molecular complexity index is 766. The van der Waals surface area contributed by atoms with Crippen LogP contribution in [0.25, 0.3) is 11.0 Å². The van der Waals surface area contributed by atoms with Crippen molar-refractivity contribution >= 4 is 44.2 Å². The molecule has 1 aromatic heterocycles. The van der Waals surface area contributed by atoms with Crippen LogP contribution in [0.1, 0.15) is 11.1 Å². The van der Waals surface area contributed by atoms with Gasteiger partial charge >= 0.3 is 0 Å². The van der Waals surface area contributed by atoms with Crippen LogP contribution < -0.4 is 5.32 Å². The van der Waals surface area contributed by atoms with Crippen LogP contribution in [0.5, 0.6) is 0 Å². The lowest BCUT2D eigenvalue weighted by Crippen LogP contribution is -1.99. The second-order valence-corrected chi connectivity index (χ2v) is 5.95. The molecule has 0 aliphatic rings. The lowest BCUT2D eigenvalue weighted by atomic mass is 10.1. The molecule has 3 rings (SSSR count). The summed E-state index contributed by atoms with van der Waals surface area (Å²) < 4.78 is 6.54. The molecule has 2 nitrogen and oxygen atoms in total. The Kier molecular flexibility index (Phi) is 3.72. The third-order valence-corrected chi connectivity index (χ3v) is 4.34. The molecule has 0 saturated carbocycles. The summed E-state index contributed by atoms with van der Waals surface area (Å²) in [5, 5.41) is 5.28. The first-order chi connectivity index (χ1) is 9.65. The fourth-order valence-corrected chi connectivity index (χ4v) is 2.90. The largest absolute Gasteiger partial charge is 0.464 e. The van der Waals surface area contributed by atoms with Crippen molar-refractivity contribution in [2.24, 2.45) is 0 Å². The number of nitrogens with one attached hydrogen (secondary N) is 1. The Hall–Kier alpha value is -1.45. The quantitative estimate of drug-likeness (QED) is 0.648. The third kappa shape index (κ3) is 2.56. The minimum Gasteiger partial charge on any atom is -0.464 e. The van der Waals surface area contributed by atoms with Crippen molar-refractivity contribution in [3.8, 4) is 0 Å². The maximum atomic E-state index is 6.16. The van der Waals surface area contributed by atoms with Crippen molar-refractivity contribution in [3.05, 3.63) is 63.3 Å². The Morgan fingerprint density at radius 1 is 1.25 bits per heavy atom. The van der Waals surface area contributed by atoms with Gasteiger partial charge in [-0.25, -0.2) is 0 Å². The Morgan fingerprint density at radius 2 is 2.05 bits per heavy atom. The van der Waals surface area contributed by atoms with Crippen LogP contribution >= 0.6 is 27.5 Å². The van der Waals surface area contributed by atoms with Crippen molar-refractivity contribution in [2.45, 2.75) is 13.5 Å². The monoisotopic (exact) mass is 349 g/mol. The van der Waals surface area contributed by atoms with E-state index in [4.69, 9.17) is 16.0 Å². The molecule has 3 aromatic rings. The van der Waals surface area contributed by atoms with Gasteiger partial charge in [-0.15, -0.1) is 0 Å². The second kappa shape index (κ2) is 5.51. The number of furan rings is 1. The van der Waals surface area contributed by atoms with Crippen molar-refractivity contribution in [1.29, 1.82) is 0 Å². The molecular weight excluding hydrogens is 338 g/mol. The maximum absolute atomic E-state index is 6.16. The number of anilines is 1. The molecule has 0 amide bonds. The smallest absolute Gasteiger partial charge is 0.134 e. The first-order valence-electron chi connectivity index (χ1n) is 6.30. The van der Waals surface area contributed by atoms with Gasteiger partial charge in [0.25, 0.3) is 0 Å². The van der Waals surface area contributed by atoms with E-state index in [0.29, 0.717) is 6.54 Å². The SMILES string of the molecule is Cc1cc(Br)c(NCc2coc3ccccc23)cc1Cl. The van der Waals surface area contributed by atoms with Crippen molar-refractivity contribution in [1.82, 2.24) is 0 Å². The number of benzene rings is 2. The first kappa shape index (κ1) is 13.5. The highest BCUT2D eigenvalue weighted by atomic mass is 79.9. The van der Waals surface area contributed by atoms with Crippen LogP contribution in [0.4, 0.5) is 5.69 Å². The first-order valence-corrected chi connectivity index (χ1v) is 7.47. The molecular formula is C16H13BrClNO. The normalized spacial score (nSPS) is 10.9. The fraction of sp³-hybridized carbons (Fsp3) is 0.125. The van der Waals surface area contributed by atoms with E-state index in [1.807, 2.05) is 37.3 Å². The highest BCUT2D eigenvalue weighted by Gasteiger charge is 2.07. The number of fused-ring (bicyclic) bond motifs is 1. The summed E-state index contributed by atoms with van der Waals surface area (Å²) >= 11 is 9.71. The summed E-state index contributed by atoms with van der Waals surface area (Å²) in [5.41, 5.74) is 4.07. The number of aryl methyl sites for hydroxylation is 1. The van der Waals surface area contributed by atoms with Gasteiger partial charge in [0.15, 0.2) is 0 Å². The van der Waals surface area contributed by atoms with Gasteiger partial charge in [-0.05, 0) is 46.6 Å². The number of halogens is 2.